The van der Waals surface area contributed by atoms with Gasteiger partial charge in [-0.15, -0.1) is 18.2 Å². The molecule has 3 aromatic carbocycles. The molecule has 0 aromatic heterocycles. The molecule has 0 saturated carbocycles. The fraction of sp³-hybridized carbons (Fsp3) is 0.200. The van der Waals surface area contributed by atoms with Crippen LogP contribution in [0.3, 0.4) is 0 Å². The van der Waals surface area contributed by atoms with E-state index >= 15 is 0 Å². The summed E-state index contributed by atoms with van der Waals surface area (Å²) < 4.78 is 12.7. The molecule has 29 heavy (non-hydrogen) atoms. The van der Waals surface area contributed by atoms with Crippen molar-refractivity contribution < 1.29 is 4.21 Å². The number of aryl methyl sites for hydroxylation is 1. The second-order valence-corrected chi connectivity index (χ2v) is 9.69. The van der Waals surface area contributed by atoms with Crippen LogP contribution in [0.2, 0.25) is 0 Å². The standard InChI is InChI=1S/C25H26ClNOS/c1-3-4-19-25(26,29(28)23-17-15-20(2)16-18-23)24(21-11-7-5-8-12-21)27-22-13-9-6-10-14-22/h3,5-18,24,27H,1,4,19H2,2H3/t24-,25+,29+/m1/s1. The topological polar surface area (TPSA) is 29.1 Å². The summed E-state index contributed by atoms with van der Waals surface area (Å²) in [5.74, 6) is 0. The smallest absolute Gasteiger partial charge is 0.148 e. The maximum atomic E-state index is 13.8. The minimum absolute atomic E-state index is 0.352. The van der Waals surface area contributed by atoms with E-state index in [0.29, 0.717) is 12.8 Å². The van der Waals surface area contributed by atoms with Crippen molar-refractivity contribution in [2.45, 2.75) is 34.9 Å². The summed E-state index contributed by atoms with van der Waals surface area (Å²) in [6.45, 7) is 5.86. The molecular formula is C25H26ClNOS. The molecule has 0 saturated heterocycles. The van der Waals surface area contributed by atoms with Crippen molar-refractivity contribution in [3.05, 3.63) is 109 Å². The predicted octanol–water partition coefficient (Wildman–Crippen LogP) is 6.86. The van der Waals surface area contributed by atoms with Crippen LogP contribution in [0.15, 0.2) is 102 Å². The van der Waals surface area contributed by atoms with Crippen molar-refractivity contribution in [1.29, 1.82) is 0 Å². The van der Waals surface area contributed by atoms with Gasteiger partial charge in [-0.05, 0) is 49.6 Å². The molecule has 0 unspecified atom stereocenters. The van der Waals surface area contributed by atoms with Crippen molar-refractivity contribution in [2.75, 3.05) is 5.32 Å². The molecule has 0 heterocycles. The highest BCUT2D eigenvalue weighted by atomic mass is 35.5. The van der Waals surface area contributed by atoms with Gasteiger partial charge in [0.15, 0.2) is 0 Å². The lowest BCUT2D eigenvalue weighted by Crippen LogP contribution is -2.39. The van der Waals surface area contributed by atoms with Crippen LogP contribution in [-0.2, 0) is 10.8 Å². The van der Waals surface area contributed by atoms with Crippen molar-refractivity contribution in [2.24, 2.45) is 0 Å². The van der Waals surface area contributed by atoms with Crippen LogP contribution in [0.5, 0.6) is 0 Å². The molecule has 3 rings (SSSR count). The van der Waals surface area contributed by atoms with E-state index in [-0.39, 0.29) is 6.04 Å². The van der Waals surface area contributed by atoms with Crippen LogP contribution in [0.4, 0.5) is 5.69 Å². The summed E-state index contributed by atoms with van der Waals surface area (Å²) >= 11 is 7.28. The van der Waals surface area contributed by atoms with Gasteiger partial charge in [-0.1, -0.05) is 72.3 Å². The van der Waals surface area contributed by atoms with E-state index in [4.69, 9.17) is 11.6 Å². The van der Waals surface area contributed by atoms with Gasteiger partial charge >= 0.3 is 0 Å². The van der Waals surface area contributed by atoms with Crippen molar-refractivity contribution in [1.82, 2.24) is 0 Å². The van der Waals surface area contributed by atoms with Crippen LogP contribution < -0.4 is 5.32 Å². The number of alkyl halides is 1. The summed E-state index contributed by atoms with van der Waals surface area (Å²) in [7, 11) is -1.45. The van der Waals surface area contributed by atoms with Gasteiger partial charge in [0.2, 0.25) is 0 Å². The fourth-order valence-corrected chi connectivity index (χ4v) is 5.33. The highest BCUT2D eigenvalue weighted by Crippen LogP contribution is 2.43. The Hall–Kier alpha value is -2.36. The van der Waals surface area contributed by atoms with Crippen LogP contribution in [-0.4, -0.2) is 8.42 Å². The van der Waals surface area contributed by atoms with Crippen LogP contribution in [0.1, 0.15) is 30.0 Å². The molecule has 2 nitrogen and oxygen atoms in total. The second-order valence-electron chi connectivity index (χ2n) is 7.05. The van der Waals surface area contributed by atoms with Gasteiger partial charge in [-0.25, -0.2) is 0 Å². The van der Waals surface area contributed by atoms with E-state index in [1.807, 2.05) is 97.9 Å². The second kappa shape index (κ2) is 9.91. The molecule has 3 aromatic rings. The van der Waals surface area contributed by atoms with Gasteiger partial charge in [0.25, 0.3) is 0 Å². The number of para-hydroxylation sites is 1. The molecule has 0 bridgehead atoms. The average Bonchev–Trinajstić information content (AvgIpc) is 2.77. The number of anilines is 1. The number of benzene rings is 3. The lowest BCUT2D eigenvalue weighted by Gasteiger charge is -2.36. The molecule has 0 aliphatic rings. The SMILES string of the molecule is C=CCC[C@@](Cl)([C@H](Nc1ccccc1)c1ccccc1)[S@@](=O)c1ccc(C)cc1. The Kier molecular flexibility index (Phi) is 7.29. The van der Waals surface area contributed by atoms with E-state index < -0.39 is 15.0 Å². The third-order valence-electron chi connectivity index (χ3n) is 4.88. The Balaban J connectivity index is 2.07. The molecule has 0 amide bonds. The number of nitrogens with one attached hydrogen (secondary N) is 1. The molecule has 150 valence electrons. The number of hydrogen-bond donors (Lipinski definition) is 1. The Labute approximate surface area is 181 Å². The summed E-state index contributed by atoms with van der Waals surface area (Å²) in [4.78, 5) is 0.727. The normalized spacial score (nSPS) is 15.1. The molecule has 4 heteroatoms. The Morgan fingerprint density at radius 1 is 1.00 bits per heavy atom. The Morgan fingerprint density at radius 3 is 2.17 bits per heavy atom. The molecular weight excluding hydrogens is 398 g/mol. The van der Waals surface area contributed by atoms with Crippen molar-refractivity contribution in [3.8, 4) is 0 Å². The number of allylic oxidation sites excluding steroid dienone is 1. The first kappa shape index (κ1) is 21.4. The summed E-state index contributed by atoms with van der Waals surface area (Å²) in [6, 6.07) is 27.3. The quantitative estimate of drug-likeness (QED) is 0.301. The van der Waals surface area contributed by atoms with Gasteiger partial charge in [-0.3, -0.25) is 4.21 Å². The highest BCUT2D eigenvalue weighted by Gasteiger charge is 2.44. The van der Waals surface area contributed by atoms with Crippen LogP contribution >= 0.6 is 11.6 Å². The van der Waals surface area contributed by atoms with Crippen molar-refractivity contribution >= 4 is 28.1 Å². The van der Waals surface area contributed by atoms with Gasteiger partial charge in [-0.2, -0.15) is 0 Å². The average molecular weight is 424 g/mol. The largest absolute Gasteiger partial charge is 0.375 e. The zero-order valence-electron chi connectivity index (χ0n) is 16.6. The minimum atomic E-state index is -1.45. The maximum Gasteiger partial charge on any atom is 0.148 e. The van der Waals surface area contributed by atoms with Crippen LogP contribution in [0, 0.1) is 6.92 Å². The first-order valence-electron chi connectivity index (χ1n) is 9.69. The molecule has 0 fully saturated rings. The predicted molar refractivity (Wildman–Crippen MR) is 125 cm³/mol. The molecule has 0 spiro atoms. The zero-order valence-corrected chi connectivity index (χ0v) is 18.1. The number of rotatable bonds is 9. The Morgan fingerprint density at radius 2 is 1.59 bits per heavy atom. The lowest BCUT2D eigenvalue weighted by atomic mass is 9.99. The summed E-state index contributed by atoms with van der Waals surface area (Å²) in [5, 5.41) is 3.55. The molecule has 3 atom stereocenters. The molecule has 0 aliphatic heterocycles. The minimum Gasteiger partial charge on any atom is -0.375 e. The monoisotopic (exact) mass is 423 g/mol. The number of halogens is 1. The van der Waals surface area contributed by atoms with Crippen molar-refractivity contribution in [3.63, 3.8) is 0 Å². The van der Waals surface area contributed by atoms with Gasteiger partial charge in [0, 0.05) is 10.6 Å². The molecule has 1 N–H and O–H groups in total. The van der Waals surface area contributed by atoms with E-state index in [2.05, 4.69) is 11.9 Å². The Bertz CT molecular complexity index is 944. The van der Waals surface area contributed by atoms with Gasteiger partial charge in [0.05, 0.1) is 16.8 Å². The first-order valence-corrected chi connectivity index (χ1v) is 11.2. The zero-order chi connectivity index (χ0) is 20.7. The van der Waals surface area contributed by atoms with E-state index in [0.717, 1.165) is 21.7 Å². The maximum absolute atomic E-state index is 13.8. The highest BCUT2D eigenvalue weighted by molar-refractivity contribution is 7.88. The molecule has 0 aliphatic carbocycles. The first-order chi connectivity index (χ1) is 14.0. The van der Waals surface area contributed by atoms with Gasteiger partial charge < -0.3 is 5.32 Å². The summed E-state index contributed by atoms with van der Waals surface area (Å²) in [6.07, 6.45) is 3.02. The summed E-state index contributed by atoms with van der Waals surface area (Å²) in [5.41, 5.74) is 3.06. The third-order valence-corrected chi connectivity index (χ3v) is 7.47. The van der Waals surface area contributed by atoms with E-state index in [1.165, 1.54) is 0 Å². The third kappa shape index (κ3) is 5.17. The van der Waals surface area contributed by atoms with Crippen LogP contribution in [0.25, 0.3) is 0 Å². The number of hydrogen-bond acceptors (Lipinski definition) is 2. The molecule has 0 radical (unpaired) electrons. The van der Waals surface area contributed by atoms with E-state index in [9.17, 15) is 4.21 Å². The lowest BCUT2D eigenvalue weighted by molar-refractivity contribution is 0.581. The fourth-order valence-electron chi connectivity index (χ4n) is 3.29. The van der Waals surface area contributed by atoms with Gasteiger partial charge in [0.1, 0.15) is 4.21 Å². The van der Waals surface area contributed by atoms with E-state index in [1.54, 1.807) is 0 Å².